The van der Waals surface area contributed by atoms with Gasteiger partial charge in [0.2, 0.25) is 0 Å². The van der Waals surface area contributed by atoms with Gasteiger partial charge in [0.25, 0.3) is 0 Å². The molecule has 0 spiro atoms. The average Bonchev–Trinajstić information content (AvgIpc) is 2.90. The largest absolute Gasteiger partial charge is 0.462 e. The lowest BCUT2D eigenvalue weighted by atomic mass is 10.1. The minimum Gasteiger partial charge on any atom is -0.462 e. The molecule has 0 atom stereocenters. The van der Waals surface area contributed by atoms with Crippen LogP contribution >= 0.6 is 0 Å². The summed E-state index contributed by atoms with van der Waals surface area (Å²) in [6.07, 6.45) is 3.08. The van der Waals surface area contributed by atoms with Crippen molar-refractivity contribution in [1.29, 1.82) is 0 Å². The van der Waals surface area contributed by atoms with Crippen LogP contribution in [0.3, 0.4) is 0 Å². The van der Waals surface area contributed by atoms with Gasteiger partial charge in [0.05, 0.1) is 24.9 Å². The van der Waals surface area contributed by atoms with Crippen LogP contribution in [0.1, 0.15) is 48.8 Å². The Morgan fingerprint density at radius 3 is 2.45 bits per heavy atom. The molecule has 0 radical (unpaired) electrons. The van der Waals surface area contributed by atoms with Crippen molar-refractivity contribution in [3.63, 3.8) is 0 Å². The number of piperidine rings is 1. The van der Waals surface area contributed by atoms with Crippen molar-refractivity contribution in [3.8, 4) is 0 Å². The number of amides is 1. The third kappa shape index (κ3) is 3.58. The fourth-order valence-corrected chi connectivity index (χ4v) is 2.61. The Hall–Kier alpha value is -2.05. The highest BCUT2D eigenvalue weighted by molar-refractivity contribution is 5.90. The molecule has 1 aromatic rings. The van der Waals surface area contributed by atoms with Crippen LogP contribution in [-0.4, -0.2) is 53.0 Å². The Morgan fingerprint density at radius 2 is 1.86 bits per heavy atom. The monoisotopic (exact) mass is 309 g/mol. The van der Waals surface area contributed by atoms with Crippen LogP contribution in [0.2, 0.25) is 0 Å². The SMILES string of the molecule is CCOC(=O)c1cn(C2CCN(C(=O)OCC)CC2)nc1C. The Kier molecular flexibility index (Phi) is 5.41. The summed E-state index contributed by atoms with van der Waals surface area (Å²) >= 11 is 0. The number of nitrogens with zero attached hydrogens (tertiary/aromatic N) is 3. The van der Waals surface area contributed by atoms with Gasteiger partial charge in [0, 0.05) is 19.3 Å². The summed E-state index contributed by atoms with van der Waals surface area (Å²) < 4.78 is 11.9. The van der Waals surface area contributed by atoms with Crippen molar-refractivity contribution in [2.24, 2.45) is 0 Å². The van der Waals surface area contributed by atoms with Gasteiger partial charge in [0.1, 0.15) is 5.56 Å². The lowest BCUT2D eigenvalue weighted by molar-refractivity contribution is 0.0525. The molecule has 122 valence electrons. The van der Waals surface area contributed by atoms with E-state index in [9.17, 15) is 9.59 Å². The van der Waals surface area contributed by atoms with Crippen LogP contribution in [0.5, 0.6) is 0 Å². The first-order valence-electron chi connectivity index (χ1n) is 7.71. The Bertz CT molecular complexity index is 533. The first-order valence-corrected chi connectivity index (χ1v) is 7.71. The zero-order valence-corrected chi connectivity index (χ0v) is 13.4. The molecule has 0 aliphatic carbocycles. The molecule has 2 rings (SSSR count). The van der Waals surface area contributed by atoms with Crippen LogP contribution in [0.15, 0.2) is 6.20 Å². The van der Waals surface area contributed by atoms with Gasteiger partial charge in [-0.05, 0) is 33.6 Å². The van der Waals surface area contributed by atoms with Crippen LogP contribution in [0, 0.1) is 6.92 Å². The maximum Gasteiger partial charge on any atom is 0.409 e. The highest BCUT2D eigenvalue weighted by atomic mass is 16.6. The lowest BCUT2D eigenvalue weighted by Crippen LogP contribution is -2.39. The molecule has 0 bridgehead atoms. The van der Waals surface area contributed by atoms with Crippen LogP contribution in [0.25, 0.3) is 0 Å². The summed E-state index contributed by atoms with van der Waals surface area (Å²) in [7, 11) is 0. The molecule has 0 saturated carbocycles. The zero-order chi connectivity index (χ0) is 16.1. The van der Waals surface area contributed by atoms with E-state index in [4.69, 9.17) is 9.47 Å². The minimum atomic E-state index is -0.338. The number of carbonyl (C=O) groups excluding carboxylic acids is 2. The summed E-state index contributed by atoms with van der Waals surface area (Å²) in [6.45, 7) is 7.39. The van der Waals surface area contributed by atoms with Gasteiger partial charge in [-0.3, -0.25) is 4.68 Å². The summed E-state index contributed by atoms with van der Waals surface area (Å²) in [4.78, 5) is 25.2. The van der Waals surface area contributed by atoms with Gasteiger partial charge in [-0.25, -0.2) is 9.59 Å². The molecule has 0 unspecified atom stereocenters. The van der Waals surface area contributed by atoms with Gasteiger partial charge < -0.3 is 14.4 Å². The van der Waals surface area contributed by atoms with E-state index in [2.05, 4.69) is 5.10 Å². The highest BCUT2D eigenvalue weighted by Crippen LogP contribution is 2.23. The van der Waals surface area contributed by atoms with E-state index in [1.807, 2.05) is 4.68 Å². The molecule has 1 saturated heterocycles. The van der Waals surface area contributed by atoms with E-state index in [-0.39, 0.29) is 18.1 Å². The van der Waals surface area contributed by atoms with Crippen LogP contribution < -0.4 is 0 Å². The topological polar surface area (TPSA) is 73.7 Å². The Labute approximate surface area is 130 Å². The van der Waals surface area contributed by atoms with Crippen molar-refractivity contribution >= 4 is 12.1 Å². The molecule has 0 N–H and O–H groups in total. The molecular weight excluding hydrogens is 286 g/mol. The fourth-order valence-electron chi connectivity index (χ4n) is 2.61. The van der Waals surface area contributed by atoms with Gasteiger partial charge in [-0.1, -0.05) is 0 Å². The van der Waals surface area contributed by atoms with E-state index < -0.39 is 0 Å². The quantitative estimate of drug-likeness (QED) is 0.797. The molecule has 1 aliphatic rings. The third-order valence-electron chi connectivity index (χ3n) is 3.78. The predicted molar refractivity (Wildman–Crippen MR) is 79.8 cm³/mol. The number of rotatable bonds is 4. The summed E-state index contributed by atoms with van der Waals surface area (Å²) in [5.74, 6) is -0.338. The molecule has 1 aromatic heterocycles. The molecule has 22 heavy (non-hydrogen) atoms. The molecule has 1 amide bonds. The number of likely N-dealkylation sites (tertiary alicyclic amines) is 1. The summed E-state index contributed by atoms with van der Waals surface area (Å²) in [5.41, 5.74) is 1.18. The number of ether oxygens (including phenoxy) is 2. The van der Waals surface area contributed by atoms with E-state index in [1.54, 1.807) is 31.9 Å². The van der Waals surface area contributed by atoms with E-state index >= 15 is 0 Å². The van der Waals surface area contributed by atoms with Crippen molar-refractivity contribution in [1.82, 2.24) is 14.7 Å². The molecular formula is C15H23N3O4. The maximum absolute atomic E-state index is 11.8. The summed E-state index contributed by atoms with van der Waals surface area (Å²) in [5, 5.41) is 4.42. The molecule has 1 fully saturated rings. The van der Waals surface area contributed by atoms with E-state index in [0.717, 1.165) is 12.8 Å². The Morgan fingerprint density at radius 1 is 1.23 bits per heavy atom. The number of carbonyl (C=O) groups is 2. The number of hydrogen-bond acceptors (Lipinski definition) is 5. The highest BCUT2D eigenvalue weighted by Gasteiger charge is 2.26. The van der Waals surface area contributed by atoms with Crippen LogP contribution in [-0.2, 0) is 9.47 Å². The standard InChI is InChI=1S/C15H23N3O4/c1-4-21-14(19)13-10-18(16-11(13)3)12-6-8-17(9-7-12)15(20)22-5-2/h10,12H,4-9H2,1-3H3. The predicted octanol–water partition coefficient (Wildman–Crippen LogP) is 2.16. The maximum atomic E-state index is 11.8. The van der Waals surface area contributed by atoms with Crippen molar-refractivity contribution < 1.29 is 19.1 Å². The number of aromatic nitrogens is 2. The first kappa shape index (κ1) is 16.3. The number of aryl methyl sites for hydroxylation is 1. The van der Waals surface area contributed by atoms with Gasteiger partial charge in [-0.2, -0.15) is 5.10 Å². The smallest absolute Gasteiger partial charge is 0.409 e. The molecule has 0 aromatic carbocycles. The average molecular weight is 309 g/mol. The van der Waals surface area contributed by atoms with Crippen LogP contribution in [0.4, 0.5) is 4.79 Å². The number of esters is 1. The number of hydrogen-bond donors (Lipinski definition) is 0. The second-order valence-corrected chi connectivity index (χ2v) is 5.25. The van der Waals surface area contributed by atoms with E-state index in [0.29, 0.717) is 37.6 Å². The van der Waals surface area contributed by atoms with Crippen molar-refractivity contribution in [2.75, 3.05) is 26.3 Å². The molecule has 7 heteroatoms. The van der Waals surface area contributed by atoms with Crippen molar-refractivity contribution in [3.05, 3.63) is 17.5 Å². The van der Waals surface area contributed by atoms with Crippen molar-refractivity contribution in [2.45, 2.75) is 39.7 Å². The molecule has 1 aliphatic heterocycles. The normalized spacial score (nSPS) is 15.7. The van der Waals surface area contributed by atoms with Gasteiger partial charge in [-0.15, -0.1) is 0 Å². The fraction of sp³-hybridized carbons (Fsp3) is 0.667. The van der Waals surface area contributed by atoms with Gasteiger partial charge >= 0.3 is 12.1 Å². The zero-order valence-electron chi connectivity index (χ0n) is 13.4. The van der Waals surface area contributed by atoms with Gasteiger partial charge in [0.15, 0.2) is 0 Å². The second kappa shape index (κ2) is 7.29. The minimum absolute atomic E-state index is 0.188. The first-order chi connectivity index (χ1) is 10.6. The van der Waals surface area contributed by atoms with E-state index in [1.165, 1.54) is 0 Å². The second-order valence-electron chi connectivity index (χ2n) is 5.25. The summed E-state index contributed by atoms with van der Waals surface area (Å²) in [6, 6.07) is 0.188. The molecule has 2 heterocycles. The lowest BCUT2D eigenvalue weighted by Gasteiger charge is -2.31. The molecule has 7 nitrogen and oxygen atoms in total. The third-order valence-corrected chi connectivity index (χ3v) is 3.78. The Balaban J connectivity index is 1.98.